The van der Waals surface area contributed by atoms with E-state index in [-0.39, 0.29) is 18.4 Å². The van der Waals surface area contributed by atoms with Crippen molar-refractivity contribution in [3.63, 3.8) is 0 Å². The van der Waals surface area contributed by atoms with E-state index in [0.717, 1.165) is 41.1 Å². The predicted molar refractivity (Wildman–Crippen MR) is 128 cm³/mol. The van der Waals surface area contributed by atoms with Gasteiger partial charge in [-0.1, -0.05) is 26.7 Å². The predicted octanol–water partition coefficient (Wildman–Crippen LogP) is 4.82. The SMILES string of the molecule is COc1cc(C(O)C(Cc2nc(CC(=O)O)c(C(C)C)s2)OC2CCCC2)cc(OC)c1C. The lowest BCUT2D eigenvalue weighted by Gasteiger charge is -2.27. The minimum Gasteiger partial charge on any atom is -0.496 e. The topological polar surface area (TPSA) is 98.1 Å². The molecule has 1 saturated carbocycles. The van der Waals surface area contributed by atoms with Crippen LogP contribution in [0.25, 0.3) is 0 Å². The highest BCUT2D eigenvalue weighted by Gasteiger charge is 2.30. The number of ether oxygens (including phenoxy) is 3. The van der Waals surface area contributed by atoms with Crippen LogP contribution in [0.2, 0.25) is 0 Å². The molecule has 0 bridgehead atoms. The van der Waals surface area contributed by atoms with E-state index in [4.69, 9.17) is 14.2 Å². The molecule has 0 aliphatic heterocycles. The number of thiazole rings is 1. The first-order valence-corrected chi connectivity index (χ1v) is 12.3. The molecule has 182 valence electrons. The van der Waals surface area contributed by atoms with Gasteiger partial charge >= 0.3 is 5.97 Å². The standard InChI is InChI=1S/C25H35NO6S/c1-14(2)25-18(12-23(27)28)26-22(33-25)13-21(32-17-8-6-7-9-17)24(29)16-10-19(30-4)15(3)20(11-16)31-5/h10-11,14,17,21,24,29H,6-9,12-13H2,1-5H3,(H,27,28). The Morgan fingerprint density at radius 3 is 2.30 bits per heavy atom. The summed E-state index contributed by atoms with van der Waals surface area (Å²) in [7, 11) is 3.19. The van der Waals surface area contributed by atoms with Crippen LogP contribution < -0.4 is 9.47 Å². The lowest BCUT2D eigenvalue weighted by Crippen LogP contribution is -2.29. The highest BCUT2D eigenvalue weighted by atomic mass is 32.1. The summed E-state index contributed by atoms with van der Waals surface area (Å²) in [4.78, 5) is 16.9. The maximum Gasteiger partial charge on any atom is 0.309 e. The largest absolute Gasteiger partial charge is 0.496 e. The van der Waals surface area contributed by atoms with E-state index in [1.54, 1.807) is 14.2 Å². The van der Waals surface area contributed by atoms with Crippen molar-refractivity contribution in [3.8, 4) is 11.5 Å². The molecule has 33 heavy (non-hydrogen) atoms. The van der Waals surface area contributed by atoms with Crippen molar-refractivity contribution in [2.24, 2.45) is 0 Å². The Labute approximate surface area is 199 Å². The summed E-state index contributed by atoms with van der Waals surface area (Å²) in [6, 6.07) is 3.65. The number of benzene rings is 1. The van der Waals surface area contributed by atoms with E-state index in [1.165, 1.54) is 11.3 Å². The van der Waals surface area contributed by atoms with Gasteiger partial charge in [-0.2, -0.15) is 0 Å². The number of nitrogens with zero attached hydrogens (tertiary/aromatic N) is 1. The number of aliphatic hydroxyl groups excluding tert-OH is 1. The van der Waals surface area contributed by atoms with Crippen LogP contribution in [0.4, 0.5) is 0 Å². The zero-order valence-electron chi connectivity index (χ0n) is 20.1. The average molecular weight is 478 g/mol. The highest BCUT2D eigenvalue weighted by molar-refractivity contribution is 7.11. The van der Waals surface area contributed by atoms with Gasteiger partial charge in [-0.05, 0) is 43.4 Å². The van der Waals surface area contributed by atoms with E-state index < -0.39 is 18.2 Å². The smallest absolute Gasteiger partial charge is 0.309 e. The third kappa shape index (κ3) is 6.25. The van der Waals surface area contributed by atoms with Crippen molar-refractivity contribution in [3.05, 3.63) is 38.8 Å². The molecule has 3 rings (SSSR count). The number of aliphatic hydroxyl groups is 1. The third-order valence-corrected chi connectivity index (χ3v) is 7.55. The molecule has 1 aliphatic rings. The molecule has 1 aliphatic carbocycles. The Morgan fingerprint density at radius 2 is 1.79 bits per heavy atom. The number of carboxylic acids is 1. The second-order valence-electron chi connectivity index (χ2n) is 8.92. The summed E-state index contributed by atoms with van der Waals surface area (Å²) in [5.41, 5.74) is 2.12. The van der Waals surface area contributed by atoms with Gasteiger partial charge in [0.2, 0.25) is 0 Å². The Hall–Kier alpha value is -2.16. The number of rotatable bonds is 11. The van der Waals surface area contributed by atoms with Crippen molar-refractivity contribution in [2.45, 2.75) is 83.5 Å². The number of carboxylic acid groups (broad SMARTS) is 1. The first kappa shape index (κ1) is 25.5. The molecule has 0 amide bonds. The van der Waals surface area contributed by atoms with Crippen molar-refractivity contribution in [1.82, 2.24) is 4.98 Å². The Kier molecular flexibility index (Phi) is 8.73. The molecule has 2 N–H and O–H groups in total. The minimum atomic E-state index is -0.914. The van der Waals surface area contributed by atoms with Gasteiger partial charge in [0.15, 0.2) is 0 Å². The van der Waals surface area contributed by atoms with E-state index in [9.17, 15) is 15.0 Å². The summed E-state index contributed by atoms with van der Waals surface area (Å²) in [6.07, 6.45) is 3.16. The fraction of sp³-hybridized carbons (Fsp3) is 0.600. The van der Waals surface area contributed by atoms with Gasteiger partial charge in [-0.15, -0.1) is 11.3 Å². The van der Waals surface area contributed by atoms with Crippen molar-refractivity contribution >= 4 is 17.3 Å². The molecule has 1 aromatic heterocycles. The van der Waals surface area contributed by atoms with E-state index >= 15 is 0 Å². The molecule has 7 nitrogen and oxygen atoms in total. The molecule has 0 saturated heterocycles. The first-order valence-electron chi connectivity index (χ1n) is 11.5. The third-order valence-electron chi connectivity index (χ3n) is 6.13. The molecule has 1 heterocycles. The van der Waals surface area contributed by atoms with Crippen LogP contribution in [-0.4, -0.2) is 47.6 Å². The number of aliphatic carboxylic acids is 1. The zero-order chi connectivity index (χ0) is 24.1. The molecule has 2 unspecified atom stereocenters. The van der Waals surface area contributed by atoms with Gasteiger partial charge in [0.25, 0.3) is 0 Å². The van der Waals surface area contributed by atoms with Crippen LogP contribution in [0.1, 0.15) is 78.3 Å². The summed E-state index contributed by atoms with van der Waals surface area (Å²) in [6.45, 7) is 5.98. The zero-order valence-corrected chi connectivity index (χ0v) is 20.9. The summed E-state index contributed by atoms with van der Waals surface area (Å²) >= 11 is 1.51. The number of hydrogen-bond donors (Lipinski definition) is 2. The van der Waals surface area contributed by atoms with Gasteiger partial charge in [0.05, 0.1) is 43.5 Å². The molecule has 1 fully saturated rings. The number of carbonyl (C=O) groups is 1. The van der Waals surface area contributed by atoms with Gasteiger partial charge in [-0.3, -0.25) is 4.79 Å². The normalized spacial score (nSPS) is 16.2. The molecular weight excluding hydrogens is 442 g/mol. The molecular formula is C25H35NO6S. The second-order valence-corrected chi connectivity index (χ2v) is 10.0. The maximum atomic E-state index is 11.4. The molecule has 1 aromatic carbocycles. The fourth-order valence-electron chi connectivity index (χ4n) is 4.39. The molecule has 8 heteroatoms. The molecule has 0 spiro atoms. The van der Waals surface area contributed by atoms with E-state index in [2.05, 4.69) is 4.98 Å². The van der Waals surface area contributed by atoms with Gasteiger partial charge in [0, 0.05) is 16.9 Å². The Balaban J connectivity index is 1.93. The van der Waals surface area contributed by atoms with Crippen LogP contribution in [0.5, 0.6) is 11.5 Å². The highest BCUT2D eigenvalue weighted by Crippen LogP contribution is 2.36. The van der Waals surface area contributed by atoms with Crippen molar-refractivity contribution in [1.29, 1.82) is 0 Å². The lowest BCUT2D eigenvalue weighted by atomic mass is 9.99. The molecule has 0 radical (unpaired) electrons. The number of methoxy groups -OCH3 is 2. The monoisotopic (exact) mass is 477 g/mol. The van der Waals surface area contributed by atoms with E-state index in [0.29, 0.717) is 29.2 Å². The van der Waals surface area contributed by atoms with Crippen LogP contribution >= 0.6 is 11.3 Å². The quantitative estimate of drug-likeness (QED) is 0.479. The fourth-order valence-corrected chi connectivity index (χ4v) is 5.52. The van der Waals surface area contributed by atoms with Crippen LogP contribution in [0, 0.1) is 6.92 Å². The molecule has 2 atom stereocenters. The lowest BCUT2D eigenvalue weighted by molar-refractivity contribution is -0.136. The number of hydrogen-bond acceptors (Lipinski definition) is 7. The first-order chi connectivity index (χ1) is 15.7. The van der Waals surface area contributed by atoms with Crippen LogP contribution in [0.15, 0.2) is 12.1 Å². The van der Waals surface area contributed by atoms with Gasteiger partial charge in [-0.25, -0.2) is 4.98 Å². The minimum absolute atomic E-state index is 0.0990. The summed E-state index contributed by atoms with van der Waals surface area (Å²) in [5, 5.41) is 21.5. The summed E-state index contributed by atoms with van der Waals surface area (Å²) < 4.78 is 17.4. The Morgan fingerprint density at radius 1 is 1.18 bits per heavy atom. The maximum absolute atomic E-state index is 11.4. The van der Waals surface area contributed by atoms with Gasteiger partial charge < -0.3 is 24.4 Å². The van der Waals surface area contributed by atoms with Gasteiger partial charge in [0.1, 0.15) is 17.6 Å². The van der Waals surface area contributed by atoms with Crippen LogP contribution in [0.3, 0.4) is 0 Å². The Bertz CT molecular complexity index is 925. The van der Waals surface area contributed by atoms with Crippen molar-refractivity contribution < 1.29 is 29.2 Å². The number of aromatic nitrogens is 1. The molecule has 2 aromatic rings. The average Bonchev–Trinajstić information content (AvgIpc) is 3.42. The summed E-state index contributed by atoms with van der Waals surface area (Å²) in [5.74, 6) is 0.563. The van der Waals surface area contributed by atoms with E-state index in [1.807, 2.05) is 32.9 Å². The van der Waals surface area contributed by atoms with Crippen LogP contribution in [-0.2, 0) is 22.4 Å². The van der Waals surface area contributed by atoms with Crippen molar-refractivity contribution in [2.75, 3.05) is 14.2 Å². The second kappa shape index (κ2) is 11.3.